The van der Waals surface area contributed by atoms with Gasteiger partial charge >= 0.3 is 0 Å². The summed E-state index contributed by atoms with van der Waals surface area (Å²) >= 11 is 0. The van der Waals surface area contributed by atoms with E-state index in [2.05, 4.69) is 82.0 Å². The number of rotatable bonds is 7. The second-order valence-corrected chi connectivity index (χ2v) is 11.5. The lowest BCUT2D eigenvalue weighted by molar-refractivity contribution is 0.230. The standard InChI is InChI=1S/C22H27NOSi/c1-5-6-13-19(18-23)24-25(22(2,3)4,20-14-9-7-10-15-20)21-16-11-8-12-17-21/h5,7-12,14-17,19H,1,6,13H2,2-4H3/t19-/m1/s1. The molecule has 0 saturated carbocycles. The summed E-state index contributed by atoms with van der Waals surface area (Å²) in [5.74, 6) is 0. The van der Waals surface area contributed by atoms with Crippen LogP contribution in [0, 0.1) is 11.3 Å². The molecule has 0 saturated heterocycles. The van der Waals surface area contributed by atoms with E-state index in [1.807, 2.05) is 18.2 Å². The molecular formula is C22H27NOSi. The Balaban J connectivity index is 2.64. The Labute approximate surface area is 152 Å². The molecule has 0 unspecified atom stereocenters. The Morgan fingerprint density at radius 1 is 1.04 bits per heavy atom. The first-order valence-corrected chi connectivity index (χ1v) is 10.7. The van der Waals surface area contributed by atoms with Crippen molar-refractivity contribution >= 4 is 18.7 Å². The quantitative estimate of drug-likeness (QED) is 0.547. The van der Waals surface area contributed by atoms with Crippen LogP contribution in [-0.2, 0) is 4.43 Å². The minimum Gasteiger partial charge on any atom is -0.392 e. The van der Waals surface area contributed by atoms with Crippen LogP contribution >= 0.6 is 0 Å². The second kappa shape index (κ2) is 8.29. The molecule has 130 valence electrons. The molecule has 0 aliphatic carbocycles. The predicted molar refractivity (Wildman–Crippen MR) is 108 cm³/mol. The fraction of sp³-hybridized carbons (Fsp3) is 0.318. The minimum absolute atomic E-state index is 0.112. The maximum atomic E-state index is 9.69. The van der Waals surface area contributed by atoms with Gasteiger partial charge in [0, 0.05) is 0 Å². The Hall–Kier alpha value is -2.15. The van der Waals surface area contributed by atoms with Gasteiger partial charge in [0.15, 0.2) is 0 Å². The third-order valence-corrected chi connectivity index (χ3v) is 9.56. The summed E-state index contributed by atoms with van der Waals surface area (Å²) in [5, 5.41) is 12.0. The van der Waals surface area contributed by atoms with Crippen LogP contribution in [0.3, 0.4) is 0 Å². The van der Waals surface area contributed by atoms with Gasteiger partial charge in [0.2, 0.25) is 0 Å². The van der Waals surface area contributed by atoms with Gasteiger partial charge in [-0.15, -0.1) is 6.58 Å². The van der Waals surface area contributed by atoms with Crippen LogP contribution in [0.4, 0.5) is 0 Å². The highest BCUT2D eigenvalue weighted by Gasteiger charge is 2.51. The molecule has 1 atom stereocenters. The van der Waals surface area contributed by atoms with Crippen molar-refractivity contribution in [3.8, 4) is 6.07 Å². The van der Waals surface area contributed by atoms with E-state index in [-0.39, 0.29) is 5.04 Å². The number of nitriles is 1. The Morgan fingerprint density at radius 3 is 1.88 bits per heavy atom. The first kappa shape index (κ1) is 19.2. The summed E-state index contributed by atoms with van der Waals surface area (Å²) in [6.45, 7) is 10.4. The average molecular weight is 350 g/mol. The van der Waals surface area contributed by atoms with Crippen molar-refractivity contribution in [2.75, 3.05) is 0 Å². The van der Waals surface area contributed by atoms with E-state index >= 15 is 0 Å². The van der Waals surface area contributed by atoms with Gasteiger partial charge in [0.1, 0.15) is 6.10 Å². The lowest BCUT2D eigenvalue weighted by Crippen LogP contribution is -2.67. The number of hydrogen-bond acceptors (Lipinski definition) is 2. The highest BCUT2D eigenvalue weighted by molar-refractivity contribution is 6.99. The molecule has 0 bridgehead atoms. The van der Waals surface area contributed by atoms with Gasteiger partial charge in [-0.05, 0) is 28.3 Å². The molecule has 0 radical (unpaired) electrons. The highest BCUT2D eigenvalue weighted by Crippen LogP contribution is 2.37. The van der Waals surface area contributed by atoms with Crippen molar-refractivity contribution in [2.24, 2.45) is 0 Å². The molecule has 0 fully saturated rings. The first-order chi connectivity index (χ1) is 12.0. The molecule has 0 aliphatic heterocycles. The number of benzene rings is 2. The van der Waals surface area contributed by atoms with Crippen LogP contribution in [0.2, 0.25) is 5.04 Å². The second-order valence-electron chi connectivity index (χ2n) is 7.26. The maximum Gasteiger partial charge on any atom is 0.262 e. The summed E-state index contributed by atoms with van der Waals surface area (Å²) in [7, 11) is -2.64. The summed E-state index contributed by atoms with van der Waals surface area (Å²) in [4.78, 5) is 0. The van der Waals surface area contributed by atoms with Gasteiger partial charge in [-0.2, -0.15) is 5.26 Å². The first-order valence-electron chi connectivity index (χ1n) is 8.75. The molecule has 2 aromatic carbocycles. The van der Waals surface area contributed by atoms with Gasteiger partial charge in [0.05, 0.1) is 6.07 Å². The zero-order chi connectivity index (χ0) is 18.3. The Morgan fingerprint density at radius 2 is 1.52 bits per heavy atom. The monoisotopic (exact) mass is 349 g/mol. The molecule has 2 nitrogen and oxygen atoms in total. The van der Waals surface area contributed by atoms with Crippen molar-refractivity contribution in [3.63, 3.8) is 0 Å². The molecule has 2 aromatic rings. The lowest BCUT2D eigenvalue weighted by atomic mass is 10.2. The van der Waals surface area contributed by atoms with Crippen LogP contribution in [-0.4, -0.2) is 14.4 Å². The summed E-state index contributed by atoms with van der Waals surface area (Å²) in [5.41, 5.74) is 0. The number of allylic oxidation sites excluding steroid dienone is 1. The summed E-state index contributed by atoms with van der Waals surface area (Å²) in [6.07, 6.45) is 2.85. The third kappa shape index (κ3) is 4.09. The Kier molecular flexibility index (Phi) is 6.36. The van der Waals surface area contributed by atoms with E-state index in [0.29, 0.717) is 6.42 Å². The fourth-order valence-corrected chi connectivity index (χ4v) is 7.94. The smallest absolute Gasteiger partial charge is 0.262 e. The van der Waals surface area contributed by atoms with Gasteiger partial charge in [-0.25, -0.2) is 0 Å². The molecule has 0 aliphatic rings. The van der Waals surface area contributed by atoms with E-state index < -0.39 is 14.4 Å². The molecule has 0 aromatic heterocycles. The SMILES string of the molecule is C=CCC[C@H](C#N)O[Si](c1ccccc1)(c1ccccc1)C(C)(C)C. The molecule has 25 heavy (non-hydrogen) atoms. The largest absolute Gasteiger partial charge is 0.392 e. The summed E-state index contributed by atoms with van der Waals surface area (Å²) < 4.78 is 6.76. The highest BCUT2D eigenvalue weighted by atomic mass is 28.4. The van der Waals surface area contributed by atoms with Crippen LogP contribution in [0.15, 0.2) is 73.3 Å². The zero-order valence-corrected chi connectivity index (χ0v) is 16.4. The Bertz CT molecular complexity index is 674. The average Bonchev–Trinajstić information content (AvgIpc) is 2.62. The molecule has 0 heterocycles. The van der Waals surface area contributed by atoms with Crippen LogP contribution < -0.4 is 10.4 Å². The van der Waals surface area contributed by atoms with E-state index in [1.165, 1.54) is 10.4 Å². The lowest BCUT2D eigenvalue weighted by Gasteiger charge is -2.44. The van der Waals surface area contributed by atoms with Crippen molar-refractivity contribution in [2.45, 2.75) is 44.8 Å². The van der Waals surface area contributed by atoms with Crippen molar-refractivity contribution in [1.29, 1.82) is 5.26 Å². The third-order valence-electron chi connectivity index (χ3n) is 4.51. The number of nitrogens with zero attached hydrogens (tertiary/aromatic N) is 1. The van der Waals surface area contributed by atoms with E-state index in [4.69, 9.17) is 4.43 Å². The van der Waals surface area contributed by atoms with Gasteiger partial charge in [-0.3, -0.25) is 0 Å². The minimum atomic E-state index is -2.64. The van der Waals surface area contributed by atoms with Crippen LogP contribution in [0.5, 0.6) is 0 Å². The molecule has 0 spiro atoms. The zero-order valence-electron chi connectivity index (χ0n) is 15.4. The van der Waals surface area contributed by atoms with Crippen LogP contribution in [0.1, 0.15) is 33.6 Å². The topological polar surface area (TPSA) is 33.0 Å². The molecule has 3 heteroatoms. The molecular weight excluding hydrogens is 322 g/mol. The number of hydrogen-bond donors (Lipinski definition) is 0. The summed E-state index contributed by atoms with van der Waals surface area (Å²) in [6, 6.07) is 23.2. The van der Waals surface area contributed by atoms with Gasteiger partial charge in [-0.1, -0.05) is 87.5 Å². The van der Waals surface area contributed by atoms with Crippen molar-refractivity contribution in [1.82, 2.24) is 0 Å². The molecule has 0 amide bonds. The fourth-order valence-electron chi connectivity index (χ4n) is 3.32. The van der Waals surface area contributed by atoms with Gasteiger partial charge < -0.3 is 4.43 Å². The molecule has 2 rings (SSSR count). The normalized spacial score (nSPS) is 13.0. The predicted octanol–water partition coefficient (Wildman–Crippen LogP) is 4.42. The van der Waals surface area contributed by atoms with E-state index in [9.17, 15) is 5.26 Å². The van der Waals surface area contributed by atoms with Crippen molar-refractivity contribution in [3.05, 3.63) is 73.3 Å². The van der Waals surface area contributed by atoms with E-state index in [1.54, 1.807) is 0 Å². The van der Waals surface area contributed by atoms with E-state index in [0.717, 1.165) is 6.42 Å². The van der Waals surface area contributed by atoms with Crippen LogP contribution in [0.25, 0.3) is 0 Å². The van der Waals surface area contributed by atoms with Gasteiger partial charge in [0.25, 0.3) is 8.32 Å². The molecule has 0 N–H and O–H groups in total. The van der Waals surface area contributed by atoms with Crippen molar-refractivity contribution < 1.29 is 4.43 Å². The maximum absolute atomic E-state index is 9.69.